The van der Waals surface area contributed by atoms with Gasteiger partial charge in [-0.3, -0.25) is 4.79 Å². The quantitative estimate of drug-likeness (QED) is 0.938. The Morgan fingerprint density at radius 3 is 2.74 bits per heavy atom. The average Bonchev–Trinajstić information content (AvgIpc) is 3.18. The van der Waals surface area contributed by atoms with Crippen LogP contribution in [0, 0.1) is 12.8 Å². The van der Waals surface area contributed by atoms with Crippen molar-refractivity contribution >= 4 is 17.2 Å². The van der Waals surface area contributed by atoms with Crippen LogP contribution in [0.15, 0.2) is 36.4 Å². The van der Waals surface area contributed by atoms with Gasteiger partial charge < -0.3 is 15.4 Å². The summed E-state index contributed by atoms with van der Waals surface area (Å²) < 4.78 is 5.35. The van der Waals surface area contributed by atoms with E-state index in [1.807, 2.05) is 36.1 Å². The standard InChI is InChI=1S/C18H22N2O2S/c1-12-8-16(22-2)17(23-12)18(21)20-10-14(9-19)15(11-20)13-6-4-3-5-7-13/h3-8,14-15H,9-11,19H2,1-2H3/t14-,15+/m1/s1. The first-order valence-corrected chi connectivity index (χ1v) is 8.64. The normalized spacial score (nSPS) is 20.7. The number of ether oxygens (including phenoxy) is 1. The molecule has 122 valence electrons. The highest BCUT2D eigenvalue weighted by Crippen LogP contribution is 2.36. The summed E-state index contributed by atoms with van der Waals surface area (Å²) in [6.07, 6.45) is 0. The molecule has 1 saturated heterocycles. The molecule has 1 aromatic carbocycles. The summed E-state index contributed by atoms with van der Waals surface area (Å²) in [5.74, 6) is 1.33. The molecule has 0 radical (unpaired) electrons. The third-order valence-corrected chi connectivity index (χ3v) is 5.51. The zero-order chi connectivity index (χ0) is 16.4. The lowest BCUT2D eigenvalue weighted by atomic mass is 9.89. The lowest BCUT2D eigenvalue weighted by Crippen LogP contribution is -2.29. The van der Waals surface area contributed by atoms with Crippen LogP contribution < -0.4 is 10.5 Å². The third-order valence-electron chi connectivity index (χ3n) is 4.49. The van der Waals surface area contributed by atoms with E-state index in [0.29, 0.717) is 42.1 Å². The van der Waals surface area contributed by atoms with E-state index in [0.717, 1.165) is 4.88 Å². The Hall–Kier alpha value is -1.85. The predicted octanol–water partition coefficient (Wildman–Crippen LogP) is 2.88. The summed E-state index contributed by atoms with van der Waals surface area (Å²) in [4.78, 5) is 16.6. The highest BCUT2D eigenvalue weighted by atomic mass is 32.1. The van der Waals surface area contributed by atoms with Crippen LogP contribution in [0.5, 0.6) is 5.75 Å². The van der Waals surface area contributed by atoms with E-state index in [1.54, 1.807) is 7.11 Å². The van der Waals surface area contributed by atoms with Crippen molar-refractivity contribution in [2.45, 2.75) is 12.8 Å². The van der Waals surface area contributed by atoms with E-state index in [-0.39, 0.29) is 5.91 Å². The molecule has 2 N–H and O–H groups in total. The molecule has 0 saturated carbocycles. The Bertz CT molecular complexity index is 684. The molecular weight excluding hydrogens is 308 g/mol. The van der Waals surface area contributed by atoms with E-state index in [4.69, 9.17) is 10.5 Å². The number of nitrogens with two attached hydrogens (primary N) is 1. The van der Waals surface area contributed by atoms with E-state index in [9.17, 15) is 4.79 Å². The van der Waals surface area contributed by atoms with E-state index < -0.39 is 0 Å². The van der Waals surface area contributed by atoms with Crippen LogP contribution in [0.4, 0.5) is 0 Å². The Balaban J connectivity index is 1.83. The Morgan fingerprint density at radius 1 is 1.35 bits per heavy atom. The van der Waals surface area contributed by atoms with Gasteiger partial charge in [0.05, 0.1) is 7.11 Å². The van der Waals surface area contributed by atoms with Crippen LogP contribution in [0.2, 0.25) is 0 Å². The number of carbonyl (C=O) groups excluding carboxylic acids is 1. The van der Waals surface area contributed by atoms with Crippen molar-refractivity contribution in [1.29, 1.82) is 0 Å². The molecule has 2 aromatic rings. The maximum Gasteiger partial charge on any atom is 0.267 e. The number of hydrogen-bond acceptors (Lipinski definition) is 4. The molecule has 1 amide bonds. The van der Waals surface area contributed by atoms with Gasteiger partial charge in [-0.25, -0.2) is 0 Å². The van der Waals surface area contributed by atoms with Gasteiger partial charge in [0.2, 0.25) is 0 Å². The molecule has 1 aliphatic heterocycles. The molecule has 2 heterocycles. The van der Waals surface area contributed by atoms with Crippen LogP contribution in [-0.4, -0.2) is 37.6 Å². The fourth-order valence-electron chi connectivity index (χ4n) is 3.29. The van der Waals surface area contributed by atoms with Crippen molar-refractivity contribution in [2.75, 3.05) is 26.7 Å². The smallest absolute Gasteiger partial charge is 0.267 e. The minimum Gasteiger partial charge on any atom is -0.495 e. The lowest BCUT2D eigenvalue weighted by molar-refractivity contribution is 0.0788. The first-order chi connectivity index (χ1) is 11.1. The average molecular weight is 330 g/mol. The molecule has 1 aliphatic rings. The molecule has 0 unspecified atom stereocenters. The fraction of sp³-hybridized carbons (Fsp3) is 0.389. The van der Waals surface area contributed by atoms with Crippen LogP contribution in [-0.2, 0) is 0 Å². The molecule has 23 heavy (non-hydrogen) atoms. The van der Waals surface area contributed by atoms with Crippen molar-refractivity contribution in [3.8, 4) is 5.75 Å². The number of benzene rings is 1. The van der Waals surface area contributed by atoms with Gasteiger partial charge in [-0.05, 0) is 31.0 Å². The molecule has 1 fully saturated rings. The molecular formula is C18H22N2O2S. The number of hydrogen-bond donors (Lipinski definition) is 1. The summed E-state index contributed by atoms with van der Waals surface area (Å²) in [7, 11) is 1.61. The number of likely N-dealkylation sites (tertiary alicyclic amines) is 1. The molecule has 0 aliphatic carbocycles. The topological polar surface area (TPSA) is 55.6 Å². The molecule has 0 spiro atoms. The Labute approximate surface area is 140 Å². The largest absolute Gasteiger partial charge is 0.495 e. The van der Waals surface area contributed by atoms with Gasteiger partial charge in [-0.15, -0.1) is 11.3 Å². The number of amides is 1. The number of rotatable bonds is 4. The van der Waals surface area contributed by atoms with Crippen LogP contribution in [0.25, 0.3) is 0 Å². The van der Waals surface area contributed by atoms with Crippen LogP contribution in [0.3, 0.4) is 0 Å². The SMILES string of the molecule is COc1cc(C)sc1C(=O)N1C[C@@H](CN)[C@H](c2ccccc2)C1. The maximum absolute atomic E-state index is 12.9. The second kappa shape index (κ2) is 6.72. The molecule has 0 bridgehead atoms. The van der Waals surface area contributed by atoms with Gasteiger partial charge in [0.25, 0.3) is 5.91 Å². The predicted molar refractivity (Wildman–Crippen MR) is 93.2 cm³/mol. The minimum absolute atomic E-state index is 0.0526. The number of nitrogens with zero attached hydrogens (tertiary/aromatic N) is 1. The number of thiophene rings is 1. The number of carbonyl (C=O) groups is 1. The summed E-state index contributed by atoms with van der Waals surface area (Å²) in [6.45, 7) is 3.99. The Kier molecular flexibility index (Phi) is 4.68. The van der Waals surface area contributed by atoms with Crippen molar-refractivity contribution < 1.29 is 9.53 Å². The minimum atomic E-state index is 0.0526. The molecule has 1 aromatic heterocycles. The summed E-state index contributed by atoms with van der Waals surface area (Å²) in [5, 5.41) is 0. The third kappa shape index (κ3) is 3.12. The fourth-order valence-corrected chi connectivity index (χ4v) is 4.24. The zero-order valence-electron chi connectivity index (χ0n) is 13.5. The molecule has 3 rings (SSSR count). The van der Waals surface area contributed by atoms with Crippen molar-refractivity contribution in [3.63, 3.8) is 0 Å². The van der Waals surface area contributed by atoms with Crippen LogP contribution >= 0.6 is 11.3 Å². The Morgan fingerprint density at radius 2 is 2.09 bits per heavy atom. The van der Waals surface area contributed by atoms with Gasteiger partial charge in [0, 0.05) is 23.9 Å². The molecule has 2 atom stereocenters. The van der Waals surface area contributed by atoms with E-state index in [2.05, 4.69) is 12.1 Å². The number of methoxy groups -OCH3 is 1. The zero-order valence-corrected chi connectivity index (χ0v) is 14.3. The van der Waals surface area contributed by atoms with Gasteiger partial charge in [0.1, 0.15) is 10.6 Å². The second-order valence-electron chi connectivity index (χ2n) is 5.98. The monoisotopic (exact) mass is 330 g/mol. The van der Waals surface area contributed by atoms with Gasteiger partial charge in [-0.1, -0.05) is 30.3 Å². The summed E-state index contributed by atoms with van der Waals surface area (Å²) in [6, 6.07) is 12.3. The van der Waals surface area contributed by atoms with Crippen LogP contribution in [0.1, 0.15) is 26.0 Å². The molecule has 5 heteroatoms. The van der Waals surface area contributed by atoms with Gasteiger partial charge >= 0.3 is 0 Å². The maximum atomic E-state index is 12.9. The van der Waals surface area contributed by atoms with Crippen molar-refractivity contribution in [3.05, 3.63) is 51.7 Å². The van der Waals surface area contributed by atoms with Crippen molar-refractivity contribution in [1.82, 2.24) is 4.90 Å². The highest BCUT2D eigenvalue weighted by Gasteiger charge is 2.36. The van der Waals surface area contributed by atoms with Gasteiger partial charge in [0.15, 0.2) is 0 Å². The van der Waals surface area contributed by atoms with Crippen molar-refractivity contribution in [2.24, 2.45) is 11.7 Å². The van der Waals surface area contributed by atoms with E-state index >= 15 is 0 Å². The highest BCUT2D eigenvalue weighted by molar-refractivity contribution is 7.14. The second-order valence-corrected chi connectivity index (χ2v) is 7.23. The summed E-state index contributed by atoms with van der Waals surface area (Å²) in [5.41, 5.74) is 7.22. The first kappa shape index (κ1) is 16.0. The molecule has 4 nitrogen and oxygen atoms in total. The van der Waals surface area contributed by atoms with Gasteiger partial charge in [-0.2, -0.15) is 0 Å². The first-order valence-electron chi connectivity index (χ1n) is 7.82. The summed E-state index contributed by atoms with van der Waals surface area (Å²) >= 11 is 1.49. The lowest BCUT2D eigenvalue weighted by Gasteiger charge is -2.16. The van der Waals surface area contributed by atoms with E-state index in [1.165, 1.54) is 16.9 Å². The number of aryl methyl sites for hydroxylation is 1.